The van der Waals surface area contributed by atoms with Crippen molar-refractivity contribution in [2.24, 2.45) is 0 Å². The first-order valence-corrected chi connectivity index (χ1v) is 10.1. The zero-order valence-electron chi connectivity index (χ0n) is 16.4. The number of hydrogen-bond acceptors (Lipinski definition) is 4. The molecule has 1 aromatic rings. The molecule has 6 nitrogen and oxygen atoms in total. The summed E-state index contributed by atoms with van der Waals surface area (Å²) in [6.07, 6.45) is 6.15. The Balaban J connectivity index is 1.58. The van der Waals surface area contributed by atoms with E-state index in [4.69, 9.17) is 4.74 Å². The van der Waals surface area contributed by atoms with Crippen LogP contribution in [-0.4, -0.2) is 60.4 Å². The highest BCUT2D eigenvalue weighted by Gasteiger charge is 2.34. The van der Waals surface area contributed by atoms with Crippen molar-refractivity contribution in [3.05, 3.63) is 24.3 Å². The Hall–Kier alpha value is -2.08. The Morgan fingerprint density at radius 3 is 2.59 bits per heavy atom. The van der Waals surface area contributed by atoms with Gasteiger partial charge >= 0.3 is 0 Å². The summed E-state index contributed by atoms with van der Waals surface area (Å²) in [6, 6.07) is 7.45. The molecule has 0 radical (unpaired) electrons. The number of anilines is 1. The van der Waals surface area contributed by atoms with Gasteiger partial charge in [0, 0.05) is 18.3 Å². The predicted octanol–water partition coefficient (Wildman–Crippen LogP) is 2.89. The van der Waals surface area contributed by atoms with Gasteiger partial charge in [-0.05, 0) is 69.3 Å². The van der Waals surface area contributed by atoms with Gasteiger partial charge in [-0.15, -0.1) is 0 Å². The first-order chi connectivity index (χ1) is 13.1. The molecule has 2 saturated heterocycles. The Morgan fingerprint density at radius 1 is 1.11 bits per heavy atom. The fourth-order valence-corrected chi connectivity index (χ4v) is 4.23. The molecule has 2 amide bonds. The van der Waals surface area contributed by atoms with E-state index in [1.807, 2.05) is 34.1 Å². The van der Waals surface area contributed by atoms with Crippen LogP contribution in [0.4, 0.5) is 5.69 Å². The number of amides is 2. The minimum Gasteiger partial charge on any atom is -0.497 e. The van der Waals surface area contributed by atoms with E-state index in [2.05, 4.69) is 12.2 Å². The second-order valence-corrected chi connectivity index (χ2v) is 7.49. The topological polar surface area (TPSA) is 61.9 Å². The first-order valence-electron chi connectivity index (χ1n) is 10.1. The summed E-state index contributed by atoms with van der Waals surface area (Å²) >= 11 is 0. The van der Waals surface area contributed by atoms with E-state index in [0.29, 0.717) is 12.6 Å². The molecule has 2 fully saturated rings. The molecule has 2 atom stereocenters. The molecule has 2 aliphatic rings. The van der Waals surface area contributed by atoms with Gasteiger partial charge in [-0.2, -0.15) is 0 Å². The maximum atomic E-state index is 12.9. The van der Waals surface area contributed by atoms with Crippen molar-refractivity contribution in [3.63, 3.8) is 0 Å². The number of hydrogen-bond donors (Lipinski definition) is 1. The number of likely N-dealkylation sites (tertiary alicyclic amines) is 2. The molecule has 2 aliphatic heterocycles. The third-order valence-corrected chi connectivity index (χ3v) is 5.78. The minimum atomic E-state index is -0.235. The highest BCUT2D eigenvalue weighted by molar-refractivity contribution is 5.95. The second kappa shape index (κ2) is 9.22. The average Bonchev–Trinajstić information content (AvgIpc) is 3.16. The Morgan fingerprint density at radius 2 is 1.89 bits per heavy atom. The molecular weight excluding hydrogens is 342 g/mol. The molecule has 6 heteroatoms. The molecule has 2 heterocycles. The zero-order valence-corrected chi connectivity index (χ0v) is 16.4. The Labute approximate surface area is 161 Å². The van der Waals surface area contributed by atoms with Gasteiger partial charge in [-0.25, -0.2) is 0 Å². The number of rotatable bonds is 6. The van der Waals surface area contributed by atoms with E-state index < -0.39 is 0 Å². The van der Waals surface area contributed by atoms with Gasteiger partial charge in [0.25, 0.3) is 0 Å². The van der Waals surface area contributed by atoms with Gasteiger partial charge in [-0.3, -0.25) is 14.5 Å². The minimum absolute atomic E-state index is 0.0313. The van der Waals surface area contributed by atoms with Crippen molar-refractivity contribution in [2.45, 2.75) is 57.5 Å². The van der Waals surface area contributed by atoms with E-state index in [1.165, 1.54) is 6.42 Å². The monoisotopic (exact) mass is 373 g/mol. The summed E-state index contributed by atoms with van der Waals surface area (Å²) in [5.41, 5.74) is 0.751. The van der Waals surface area contributed by atoms with Gasteiger partial charge in [0.2, 0.25) is 11.8 Å². The fraction of sp³-hybridized carbons (Fsp3) is 0.619. The maximum absolute atomic E-state index is 12.9. The van der Waals surface area contributed by atoms with Gasteiger partial charge in [-0.1, -0.05) is 6.92 Å². The number of carbonyl (C=O) groups is 2. The van der Waals surface area contributed by atoms with Crippen LogP contribution in [0.15, 0.2) is 24.3 Å². The van der Waals surface area contributed by atoms with Crippen LogP contribution in [0.3, 0.4) is 0 Å². The molecule has 1 N–H and O–H groups in total. The van der Waals surface area contributed by atoms with Crippen LogP contribution >= 0.6 is 0 Å². The van der Waals surface area contributed by atoms with Crippen LogP contribution in [-0.2, 0) is 9.59 Å². The molecule has 148 valence electrons. The SMILES string of the molecule is CC[C@H]1CCCCN1C(=O)CN1CCC[C@@H]1C(=O)Nc1ccc(OC)cc1. The third kappa shape index (κ3) is 4.80. The normalized spacial score (nSPS) is 23.3. The van der Waals surface area contributed by atoms with Crippen LogP contribution < -0.4 is 10.1 Å². The molecule has 0 unspecified atom stereocenters. The van der Waals surface area contributed by atoms with E-state index in [9.17, 15) is 9.59 Å². The standard InChI is InChI=1S/C21H31N3O3/c1-3-17-7-4-5-14-24(17)20(25)15-23-13-6-8-19(23)21(26)22-16-9-11-18(27-2)12-10-16/h9-12,17,19H,3-8,13-15H2,1-2H3,(H,22,26)/t17-,19+/m0/s1. The number of nitrogens with zero attached hydrogens (tertiary/aromatic N) is 2. The van der Waals surface area contributed by atoms with Crippen LogP contribution in [0.2, 0.25) is 0 Å². The van der Waals surface area contributed by atoms with Crippen molar-refractivity contribution < 1.29 is 14.3 Å². The quantitative estimate of drug-likeness (QED) is 0.833. The summed E-state index contributed by atoms with van der Waals surface area (Å²) in [6.45, 7) is 4.15. The van der Waals surface area contributed by atoms with Crippen molar-refractivity contribution in [1.29, 1.82) is 0 Å². The molecular formula is C21H31N3O3. The largest absolute Gasteiger partial charge is 0.497 e. The first kappa shape index (κ1) is 19.7. The second-order valence-electron chi connectivity index (χ2n) is 7.49. The zero-order chi connectivity index (χ0) is 19.2. The van der Waals surface area contributed by atoms with Gasteiger partial charge in [0.05, 0.1) is 19.7 Å². The maximum Gasteiger partial charge on any atom is 0.241 e. The summed E-state index contributed by atoms with van der Waals surface area (Å²) in [7, 11) is 1.62. The van der Waals surface area contributed by atoms with Crippen LogP contribution in [0.5, 0.6) is 5.75 Å². The molecule has 0 spiro atoms. The van der Waals surface area contributed by atoms with Gasteiger partial charge in [0.1, 0.15) is 5.75 Å². The predicted molar refractivity (Wildman–Crippen MR) is 106 cm³/mol. The number of nitrogens with one attached hydrogen (secondary N) is 1. The molecule has 1 aromatic carbocycles. The van der Waals surface area contributed by atoms with Crippen molar-refractivity contribution in [3.8, 4) is 5.75 Å². The summed E-state index contributed by atoms with van der Waals surface area (Å²) in [5.74, 6) is 0.898. The lowest BCUT2D eigenvalue weighted by Gasteiger charge is -2.36. The molecule has 0 saturated carbocycles. The number of piperidine rings is 1. The van der Waals surface area contributed by atoms with E-state index in [1.54, 1.807) is 7.11 Å². The molecule has 0 aromatic heterocycles. The number of methoxy groups -OCH3 is 1. The molecule has 3 rings (SSSR count). The van der Waals surface area contributed by atoms with Crippen LogP contribution in [0, 0.1) is 0 Å². The van der Waals surface area contributed by atoms with Crippen molar-refractivity contribution >= 4 is 17.5 Å². The van der Waals surface area contributed by atoms with Crippen molar-refractivity contribution in [1.82, 2.24) is 9.80 Å². The van der Waals surface area contributed by atoms with Gasteiger partial charge in [0.15, 0.2) is 0 Å². The number of carbonyl (C=O) groups excluding carboxylic acids is 2. The smallest absolute Gasteiger partial charge is 0.241 e. The number of benzene rings is 1. The van der Waals surface area contributed by atoms with Crippen molar-refractivity contribution in [2.75, 3.05) is 32.1 Å². The Bertz CT molecular complexity index is 647. The van der Waals surface area contributed by atoms with Crippen LogP contribution in [0.25, 0.3) is 0 Å². The van der Waals surface area contributed by atoms with E-state index in [0.717, 1.165) is 56.6 Å². The van der Waals surface area contributed by atoms with E-state index >= 15 is 0 Å². The lowest BCUT2D eigenvalue weighted by Crippen LogP contribution is -2.50. The average molecular weight is 373 g/mol. The Kier molecular flexibility index (Phi) is 6.72. The molecule has 27 heavy (non-hydrogen) atoms. The number of ether oxygens (including phenoxy) is 1. The lowest BCUT2D eigenvalue weighted by atomic mass is 10.00. The summed E-state index contributed by atoms with van der Waals surface area (Å²) in [4.78, 5) is 29.7. The molecule has 0 bridgehead atoms. The van der Waals surface area contributed by atoms with Crippen LogP contribution in [0.1, 0.15) is 45.4 Å². The highest BCUT2D eigenvalue weighted by atomic mass is 16.5. The highest BCUT2D eigenvalue weighted by Crippen LogP contribution is 2.23. The fourth-order valence-electron chi connectivity index (χ4n) is 4.23. The molecule has 0 aliphatic carbocycles. The lowest BCUT2D eigenvalue weighted by molar-refractivity contribution is -0.137. The third-order valence-electron chi connectivity index (χ3n) is 5.78. The van der Waals surface area contributed by atoms with Gasteiger partial charge < -0.3 is 15.0 Å². The summed E-state index contributed by atoms with van der Waals surface area (Å²) in [5, 5.41) is 2.98. The summed E-state index contributed by atoms with van der Waals surface area (Å²) < 4.78 is 5.15. The van der Waals surface area contributed by atoms with E-state index in [-0.39, 0.29) is 17.9 Å².